The van der Waals surface area contributed by atoms with Crippen LogP contribution in [0.15, 0.2) is 53.2 Å². The van der Waals surface area contributed by atoms with E-state index < -0.39 is 0 Å². The minimum atomic E-state index is -0.323. The Kier molecular flexibility index (Phi) is 4.97. The van der Waals surface area contributed by atoms with E-state index in [1.807, 2.05) is 13.2 Å². The number of halogens is 1. The number of carbonyl (C=O) groups is 1. The fraction of sp³-hybridized carbons (Fsp3) is 0.263. The molecule has 25 heavy (non-hydrogen) atoms. The number of furan rings is 1. The van der Waals surface area contributed by atoms with E-state index in [1.54, 1.807) is 53.2 Å². The Labute approximate surface area is 145 Å². The Morgan fingerprint density at radius 3 is 2.80 bits per heavy atom. The standard InChI is InChI=1S/C19H20FN3O2/c1-22(12-14-11-21-23(2)13-14)19(24)10-8-15-7-9-18(25-15)16-5-3-4-6-17(16)20/h3-7,9,11,13H,8,10,12H2,1-2H3. The molecule has 2 aromatic heterocycles. The number of aromatic nitrogens is 2. The zero-order valence-corrected chi connectivity index (χ0v) is 14.3. The van der Waals surface area contributed by atoms with Crippen molar-refractivity contribution in [3.63, 3.8) is 0 Å². The van der Waals surface area contributed by atoms with Crippen molar-refractivity contribution in [1.29, 1.82) is 0 Å². The van der Waals surface area contributed by atoms with Crippen LogP contribution in [0.4, 0.5) is 4.39 Å². The van der Waals surface area contributed by atoms with Gasteiger partial charge in [0.15, 0.2) is 0 Å². The van der Waals surface area contributed by atoms with Gasteiger partial charge in [0.2, 0.25) is 5.91 Å². The predicted octanol–water partition coefficient (Wildman–Crippen LogP) is 3.41. The molecular weight excluding hydrogens is 321 g/mol. The molecule has 0 radical (unpaired) electrons. The van der Waals surface area contributed by atoms with E-state index in [1.165, 1.54) is 6.07 Å². The maximum Gasteiger partial charge on any atom is 0.223 e. The van der Waals surface area contributed by atoms with Gasteiger partial charge in [-0.3, -0.25) is 9.48 Å². The highest BCUT2D eigenvalue weighted by atomic mass is 19.1. The molecule has 0 aliphatic rings. The van der Waals surface area contributed by atoms with E-state index >= 15 is 0 Å². The van der Waals surface area contributed by atoms with Gasteiger partial charge in [-0.15, -0.1) is 0 Å². The number of hydrogen-bond acceptors (Lipinski definition) is 3. The first kappa shape index (κ1) is 17.0. The summed E-state index contributed by atoms with van der Waals surface area (Å²) in [5.41, 5.74) is 1.41. The van der Waals surface area contributed by atoms with Crippen molar-refractivity contribution in [3.05, 3.63) is 65.9 Å². The summed E-state index contributed by atoms with van der Waals surface area (Å²) in [7, 11) is 3.61. The van der Waals surface area contributed by atoms with Crippen molar-refractivity contribution in [3.8, 4) is 11.3 Å². The van der Waals surface area contributed by atoms with Crippen molar-refractivity contribution in [1.82, 2.24) is 14.7 Å². The van der Waals surface area contributed by atoms with Gasteiger partial charge in [0.25, 0.3) is 0 Å². The maximum atomic E-state index is 13.8. The normalized spacial score (nSPS) is 10.8. The molecule has 5 nitrogen and oxygen atoms in total. The molecule has 3 rings (SSSR count). The Morgan fingerprint density at radius 1 is 1.28 bits per heavy atom. The Bertz CT molecular complexity index is 869. The lowest BCUT2D eigenvalue weighted by Gasteiger charge is -2.15. The average Bonchev–Trinajstić information content (AvgIpc) is 3.22. The fourth-order valence-corrected chi connectivity index (χ4v) is 2.65. The molecule has 0 spiro atoms. The number of amides is 1. The lowest BCUT2D eigenvalue weighted by Crippen LogP contribution is -2.26. The Balaban J connectivity index is 1.56. The van der Waals surface area contributed by atoms with E-state index in [2.05, 4.69) is 5.10 Å². The molecule has 130 valence electrons. The molecule has 0 fully saturated rings. The van der Waals surface area contributed by atoms with Gasteiger partial charge in [-0.25, -0.2) is 4.39 Å². The van der Waals surface area contributed by atoms with E-state index in [4.69, 9.17) is 4.42 Å². The molecule has 1 amide bonds. The van der Waals surface area contributed by atoms with Crippen LogP contribution in [0.5, 0.6) is 0 Å². The molecule has 0 aliphatic heterocycles. The van der Waals surface area contributed by atoms with E-state index in [9.17, 15) is 9.18 Å². The van der Waals surface area contributed by atoms with Gasteiger partial charge in [-0.2, -0.15) is 5.10 Å². The molecule has 6 heteroatoms. The smallest absolute Gasteiger partial charge is 0.223 e. The number of carbonyl (C=O) groups excluding carboxylic acids is 1. The van der Waals surface area contributed by atoms with Gasteiger partial charge < -0.3 is 9.32 Å². The Hall–Kier alpha value is -2.89. The number of benzene rings is 1. The number of aryl methyl sites for hydroxylation is 2. The minimum absolute atomic E-state index is 0.0210. The highest BCUT2D eigenvalue weighted by Crippen LogP contribution is 2.25. The van der Waals surface area contributed by atoms with Crippen LogP contribution in [-0.4, -0.2) is 27.6 Å². The number of hydrogen-bond donors (Lipinski definition) is 0. The van der Waals surface area contributed by atoms with Crippen LogP contribution < -0.4 is 0 Å². The van der Waals surface area contributed by atoms with Crippen molar-refractivity contribution in [2.45, 2.75) is 19.4 Å². The highest BCUT2D eigenvalue weighted by molar-refractivity contribution is 5.76. The van der Waals surface area contributed by atoms with Gasteiger partial charge in [0.1, 0.15) is 17.3 Å². The molecular formula is C19H20FN3O2. The third kappa shape index (κ3) is 4.15. The van der Waals surface area contributed by atoms with E-state index in [0.29, 0.717) is 36.5 Å². The van der Waals surface area contributed by atoms with E-state index in [-0.39, 0.29) is 11.7 Å². The molecule has 1 aromatic carbocycles. The van der Waals surface area contributed by atoms with Crippen LogP contribution in [0, 0.1) is 5.82 Å². The number of rotatable bonds is 6. The molecule has 0 unspecified atom stereocenters. The maximum absolute atomic E-state index is 13.8. The lowest BCUT2D eigenvalue weighted by atomic mass is 10.1. The SMILES string of the molecule is CN(Cc1cnn(C)c1)C(=O)CCc1ccc(-c2ccccc2F)o1. The van der Waals surface area contributed by atoms with Crippen LogP contribution in [0.1, 0.15) is 17.7 Å². The molecule has 0 saturated heterocycles. The molecule has 3 aromatic rings. The fourth-order valence-electron chi connectivity index (χ4n) is 2.65. The van der Waals surface area contributed by atoms with Crippen molar-refractivity contribution in [2.24, 2.45) is 7.05 Å². The molecule has 0 saturated carbocycles. The first-order valence-electron chi connectivity index (χ1n) is 8.08. The molecule has 0 N–H and O–H groups in total. The summed E-state index contributed by atoms with van der Waals surface area (Å²) in [6.45, 7) is 0.519. The third-order valence-electron chi connectivity index (χ3n) is 3.99. The quantitative estimate of drug-likeness (QED) is 0.690. The zero-order chi connectivity index (χ0) is 17.8. The van der Waals surface area contributed by atoms with Crippen LogP contribution in [0.25, 0.3) is 11.3 Å². The van der Waals surface area contributed by atoms with Crippen LogP contribution >= 0.6 is 0 Å². The second kappa shape index (κ2) is 7.34. The summed E-state index contributed by atoms with van der Waals surface area (Å²) in [6.07, 6.45) is 4.44. The summed E-state index contributed by atoms with van der Waals surface area (Å²) in [6, 6.07) is 9.99. The molecule has 0 aliphatic carbocycles. The highest BCUT2D eigenvalue weighted by Gasteiger charge is 2.13. The second-order valence-corrected chi connectivity index (χ2v) is 6.02. The third-order valence-corrected chi connectivity index (χ3v) is 3.99. The summed E-state index contributed by atoms with van der Waals surface area (Å²) in [4.78, 5) is 13.9. The first-order valence-corrected chi connectivity index (χ1v) is 8.08. The van der Waals surface area contributed by atoms with E-state index in [0.717, 1.165) is 5.56 Å². The average molecular weight is 341 g/mol. The monoisotopic (exact) mass is 341 g/mol. The van der Waals surface area contributed by atoms with Gasteiger partial charge in [0, 0.05) is 45.2 Å². The van der Waals surface area contributed by atoms with Crippen molar-refractivity contribution < 1.29 is 13.6 Å². The van der Waals surface area contributed by atoms with Gasteiger partial charge in [0.05, 0.1) is 11.8 Å². The zero-order valence-electron chi connectivity index (χ0n) is 14.3. The van der Waals surface area contributed by atoms with Crippen LogP contribution in [0.3, 0.4) is 0 Å². The number of nitrogens with zero attached hydrogens (tertiary/aromatic N) is 3. The lowest BCUT2D eigenvalue weighted by molar-refractivity contribution is -0.130. The summed E-state index contributed by atoms with van der Waals surface area (Å²) in [5.74, 6) is 0.842. The second-order valence-electron chi connectivity index (χ2n) is 6.02. The topological polar surface area (TPSA) is 51.3 Å². The largest absolute Gasteiger partial charge is 0.461 e. The molecule has 0 atom stereocenters. The summed E-state index contributed by atoms with van der Waals surface area (Å²) >= 11 is 0. The first-order chi connectivity index (χ1) is 12.0. The summed E-state index contributed by atoms with van der Waals surface area (Å²) in [5, 5.41) is 4.09. The van der Waals surface area contributed by atoms with Gasteiger partial charge >= 0.3 is 0 Å². The van der Waals surface area contributed by atoms with Gasteiger partial charge in [-0.05, 0) is 24.3 Å². The van der Waals surface area contributed by atoms with Gasteiger partial charge in [-0.1, -0.05) is 12.1 Å². The molecule has 0 bridgehead atoms. The predicted molar refractivity (Wildman–Crippen MR) is 92.1 cm³/mol. The summed E-state index contributed by atoms with van der Waals surface area (Å²) < 4.78 is 21.2. The molecule has 2 heterocycles. The van der Waals surface area contributed by atoms with Crippen molar-refractivity contribution in [2.75, 3.05) is 7.05 Å². The van der Waals surface area contributed by atoms with Crippen LogP contribution in [0.2, 0.25) is 0 Å². The van der Waals surface area contributed by atoms with Crippen molar-refractivity contribution >= 4 is 5.91 Å². The van der Waals surface area contributed by atoms with Crippen LogP contribution in [-0.2, 0) is 24.8 Å². The minimum Gasteiger partial charge on any atom is -0.461 e. The Morgan fingerprint density at radius 2 is 2.08 bits per heavy atom.